The molecule has 0 aromatic carbocycles. The van der Waals surface area contributed by atoms with Crippen molar-refractivity contribution in [1.82, 2.24) is 4.98 Å². The summed E-state index contributed by atoms with van der Waals surface area (Å²) in [5.74, 6) is -0.643. The Morgan fingerprint density at radius 1 is 1.47 bits per heavy atom. The molecule has 0 bridgehead atoms. The number of hydrogen-bond acceptors (Lipinski definition) is 5. The number of alkyl halides is 3. The number of esters is 1. The first-order chi connectivity index (χ1) is 8.65. The van der Waals surface area contributed by atoms with Gasteiger partial charge in [-0.25, -0.2) is 9.78 Å². The van der Waals surface area contributed by atoms with Crippen molar-refractivity contribution in [3.63, 3.8) is 0 Å². The average Bonchev–Trinajstić information content (AvgIpc) is 2.65. The second-order valence-electron chi connectivity index (χ2n) is 4.23. The highest BCUT2D eigenvalue weighted by molar-refractivity contribution is 7.15. The van der Waals surface area contributed by atoms with Gasteiger partial charge in [0, 0.05) is 10.9 Å². The van der Waals surface area contributed by atoms with Gasteiger partial charge in [0.1, 0.15) is 6.54 Å². The molecule has 0 aliphatic carbocycles. The van der Waals surface area contributed by atoms with Gasteiger partial charge in [-0.2, -0.15) is 13.2 Å². The molecule has 1 rings (SSSR count). The summed E-state index contributed by atoms with van der Waals surface area (Å²) in [5, 5.41) is 0.172. The molecular formula is C11H15F3N2O2S. The number of halogens is 3. The largest absolute Gasteiger partial charge is 0.464 e. The molecule has 0 N–H and O–H groups in total. The van der Waals surface area contributed by atoms with Crippen molar-refractivity contribution in [2.24, 2.45) is 0 Å². The van der Waals surface area contributed by atoms with Crippen LogP contribution in [0.1, 0.15) is 29.2 Å². The van der Waals surface area contributed by atoms with Crippen LogP contribution in [0.4, 0.5) is 18.3 Å². The number of rotatable bonds is 4. The van der Waals surface area contributed by atoms with Gasteiger partial charge in [0.15, 0.2) is 10.8 Å². The third-order valence-corrected chi connectivity index (χ3v) is 3.39. The molecule has 0 radical (unpaired) electrons. The van der Waals surface area contributed by atoms with Gasteiger partial charge in [0.05, 0.1) is 7.11 Å². The molecule has 4 nitrogen and oxygen atoms in total. The molecule has 0 spiro atoms. The predicted molar refractivity (Wildman–Crippen MR) is 66.7 cm³/mol. The van der Waals surface area contributed by atoms with Crippen LogP contribution in [0.5, 0.6) is 0 Å². The summed E-state index contributed by atoms with van der Waals surface area (Å²) in [4.78, 5) is 17.0. The van der Waals surface area contributed by atoms with Crippen LogP contribution in [0, 0.1) is 6.92 Å². The first-order valence-electron chi connectivity index (χ1n) is 5.55. The van der Waals surface area contributed by atoms with E-state index in [1.807, 2.05) is 0 Å². The second kappa shape index (κ2) is 5.77. The molecule has 0 saturated heterocycles. The highest BCUT2D eigenvalue weighted by atomic mass is 32.1. The van der Waals surface area contributed by atoms with Gasteiger partial charge in [0.2, 0.25) is 0 Å². The molecule has 1 heterocycles. The summed E-state index contributed by atoms with van der Waals surface area (Å²) < 4.78 is 42.1. The van der Waals surface area contributed by atoms with Gasteiger partial charge in [-0.1, -0.05) is 0 Å². The maximum Gasteiger partial charge on any atom is 0.406 e. The summed E-state index contributed by atoms with van der Waals surface area (Å²) in [6.45, 7) is 3.80. The molecule has 1 aromatic rings. The Labute approximate surface area is 113 Å². The van der Waals surface area contributed by atoms with Gasteiger partial charge in [-0.15, -0.1) is 11.3 Å². The van der Waals surface area contributed by atoms with Crippen molar-refractivity contribution in [3.05, 3.63) is 10.6 Å². The number of carbonyl (C=O) groups is 1. The molecule has 19 heavy (non-hydrogen) atoms. The SMILES string of the molecule is COC(=O)c1nc(N(CC(F)(F)F)C(C)C)sc1C. The maximum atomic E-state index is 12.5. The molecule has 0 aliphatic rings. The van der Waals surface area contributed by atoms with E-state index in [1.165, 1.54) is 7.11 Å². The van der Waals surface area contributed by atoms with E-state index in [9.17, 15) is 18.0 Å². The highest BCUT2D eigenvalue weighted by Gasteiger charge is 2.33. The van der Waals surface area contributed by atoms with Crippen molar-refractivity contribution < 1.29 is 22.7 Å². The lowest BCUT2D eigenvalue weighted by Gasteiger charge is -2.26. The van der Waals surface area contributed by atoms with Crippen LogP contribution >= 0.6 is 11.3 Å². The minimum absolute atomic E-state index is 0.0651. The number of aromatic nitrogens is 1. The number of nitrogens with zero attached hydrogens (tertiary/aromatic N) is 2. The molecule has 0 amide bonds. The Hall–Kier alpha value is -1.31. The van der Waals surface area contributed by atoms with Crippen molar-refractivity contribution in [3.8, 4) is 0 Å². The van der Waals surface area contributed by atoms with E-state index in [0.29, 0.717) is 4.88 Å². The number of ether oxygens (including phenoxy) is 1. The Balaban J connectivity index is 3.08. The second-order valence-corrected chi connectivity index (χ2v) is 5.41. The van der Waals surface area contributed by atoms with Gasteiger partial charge in [0.25, 0.3) is 0 Å². The van der Waals surface area contributed by atoms with E-state index >= 15 is 0 Å². The maximum absolute atomic E-state index is 12.5. The lowest BCUT2D eigenvalue weighted by molar-refractivity contribution is -0.120. The molecule has 0 aliphatic heterocycles. The summed E-state index contributed by atoms with van der Waals surface area (Å²) in [6.07, 6.45) is -4.32. The topological polar surface area (TPSA) is 42.4 Å². The molecule has 0 saturated carbocycles. The Kier molecular flexibility index (Phi) is 4.78. The van der Waals surface area contributed by atoms with Gasteiger partial charge in [-0.3, -0.25) is 0 Å². The number of carbonyl (C=O) groups excluding carboxylic acids is 1. The molecule has 0 fully saturated rings. The lowest BCUT2D eigenvalue weighted by atomic mass is 10.3. The van der Waals surface area contributed by atoms with Gasteiger partial charge >= 0.3 is 12.1 Å². The van der Waals surface area contributed by atoms with Crippen molar-refractivity contribution in [2.75, 3.05) is 18.6 Å². The number of anilines is 1. The van der Waals surface area contributed by atoms with E-state index in [1.54, 1.807) is 20.8 Å². The summed E-state index contributed by atoms with van der Waals surface area (Å²) in [5.41, 5.74) is 0.0651. The zero-order valence-corrected chi connectivity index (χ0v) is 11.9. The van der Waals surface area contributed by atoms with Crippen LogP contribution < -0.4 is 4.90 Å². The Bertz CT molecular complexity index is 457. The van der Waals surface area contributed by atoms with E-state index in [-0.39, 0.29) is 16.9 Å². The van der Waals surface area contributed by atoms with E-state index < -0.39 is 18.7 Å². The number of hydrogen-bond donors (Lipinski definition) is 0. The fourth-order valence-corrected chi connectivity index (χ4v) is 2.48. The van der Waals surface area contributed by atoms with Crippen molar-refractivity contribution >= 4 is 22.4 Å². The Morgan fingerprint density at radius 2 is 2.05 bits per heavy atom. The number of aryl methyl sites for hydroxylation is 1. The smallest absolute Gasteiger partial charge is 0.406 e. The fourth-order valence-electron chi connectivity index (χ4n) is 1.46. The molecule has 0 unspecified atom stereocenters. The van der Waals surface area contributed by atoms with E-state index in [2.05, 4.69) is 9.72 Å². The van der Waals surface area contributed by atoms with Gasteiger partial charge < -0.3 is 9.64 Å². The molecular weight excluding hydrogens is 281 g/mol. The van der Waals surface area contributed by atoms with Gasteiger partial charge in [-0.05, 0) is 20.8 Å². The van der Waals surface area contributed by atoms with Crippen LogP contribution in [-0.2, 0) is 4.74 Å². The highest BCUT2D eigenvalue weighted by Crippen LogP contribution is 2.30. The lowest BCUT2D eigenvalue weighted by Crippen LogP contribution is -2.39. The standard InChI is InChI=1S/C11H15F3N2O2S/c1-6(2)16(5-11(12,13)14)10-15-8(7(3)19-10)9(17)18-4/h6H,5H2,1-4H3. The molecule has 8 heteroatoms. The molecule has 108 valence electrons. The summed E-state index contributed by atoms with van der Waals surface area (Å²) in [6, 6.07) is -0.377. The first-order valence-corrected chi connectivity index (χ1v) is 6.36. The summed E-state index contributed by atoms with van der Waals surface area (Å²) >= 11 is 1.05. The molecule has 0 atom stereocenters. The minimum atomic E-state index is -4.32. The van der Waals surface area contributed by atoms with Crippen LogP contribution in [0.3, 0.4) is 0 Å². The quantitative estimate of drug-likeness (QED) is 0.801. The fraction of sp³-hybridized carbons (Fsp3) is 0.636. The zero-order chi connectivity index (χ0) is 14.8. The minimum Gasteiger partial charge on any atom is -0.464 e. The van der Waals surface area contributed by atoms with Crippen LogP contribution in [0.15, 0.2) is 0 Å². The number of methoxy groups -OCH3 is 1. The van der Waals surface area contributed by atoms with Crippen LogP contribution in [0.25, 0.3) is 0 Å². The third kappa shape index (κ3) is 4.09. The van der Waals surface area contributed by atoms with Crippen molar-refractivity contribution in [2.45, 2.75) is 33.0 Å². The van der Waals surface area contributed by atoms with Crippen molar-refractivity contribution in [1.29, 1.82) is 0 Å². The van der Waals surface area contributed by atoms with E-state index in [0.717, 1.165) is 16.2 Å². The summed E-state index contributed by atoms with van der Waals surface area (Å²) in [7, 11) is 1.21. The predicted octanol–water partition coefficient (Wildman–Crippen LogP) is 3.02. The average molecular weight is 296 g/mol. The molecule has 1 aromatic heterocycles. The number of thiazole rings is 1. The van der Waals surface area contributed by atoms with Crippen LogP contribution in [0.2, 0.25) is 0 Å². The third-order valence-electron chi connectivity index (χ3n) is 2.38. The monoisotopic (exact) mass is 296 g/mol. The first kappa shape index (κ1) is 15.7. The Morgan fingerprint density at radius 3 is 2.47 bits per heavy atom. The van der Waals surface area contributed by atoms with E-state index in [4.69, 9.17) is 0 Å². The zero-order valence-electron chi connectivity index (χ0n) is 11.0. The normalized spacial score (nSPS) is 11.8. The van der Waals surface area contributed by atoms with Crippen LogP contribution in [-0.4, -0.2) is 36.8 Å².